The van der Waals surface area contributed by atoms with E-state index in [1.54, 1.807) is 0 Å². The molecule has 1 aromatic carbocycles. The highest BCUT2D eigenvalue weighted by Gasteiger charge is 2.14. The predicted octanol–water partition coefficient (Wildman–Crippen LogP) is 3.98. The van der Waals surface area contributed by atoms with E-state index in [1.807, 2.05) is 6.07 Å². The Morgan fingerprint density at radius 3 is 2.26 bits per heavy atom. The fourth-order valence-electron chi connectivity index (χ4n) is 2.95. The van der Waals surface area contributed by atoms with Gasteiger partial charge in [0, 0.05) is 18.8 Å². The summed E-state index contributed by atoms with van der Waals surface area (Å²) in [6, 6.07) is 6.00. The Bertz CT molecular complexity index is 464. The fourth-order valence-corrected chi connectivity index (χ4v) is 2.95. The van der Waals surface area contributed by atoms with Crippen LogP contribution in [0.2, 0.25) is 0 Å². The number of aliphatic hydroxyl groups excluding tert-OH is 1. The number of amides is 2. The molecule has 0 aromatic heterocycles. The molecule has 0 radical (unpaired) electrons. The fraction of sp³-hybridized carbons (Fsp3) is 0.632. The van der Waals surface area contributed by atoms with Gasteiger partial charge in [-0.15, -0.1) is 0 Å². The molecule has 130 valence electrons. The van der Waals surface area contributed by atoms with Gasteiger partial charge in [0.15, 0.2) is 0 Å². The van der Waals surface area contributed by atoms with Crippen LogP contribution in [0.3, 0.4) is 0 Å². The number of nitrogens with one attached hydrogen (secondary N) is 2. The Hall–Kier alpha value is -1.55. The smallest absolute Gasteiger partial charge is 0.319 e. The summed E-state index contributed by atoms with van der Waals surface area (Å²) < 4.78 is 0. The second-order valence-corrected chi connectivity index (χ2v) is 6.50. The van der Waals surface area contributed by atoms with Crippen molar-refractivity contribution >= 4 is 11.7 Å². The Labute approximate surface area is 140 Å². The average molecular weight is 320 g/mol. The van der Waals surface area contributed by atoms with E-state index in [4.69, 9.17) is 5.11 Å². The molecule has 0 aliphatic rings. The Morgan fingerprint density at radius 2 is 1.78 bits per heavy atom. The van der Waals surface area contributed by atoms with Crippen LogP contribution in [0.1, 0.15) is 51.7 Å². The van der Waals surface area contributed by atoms with Crippen molar-refractivity contribution in [1.29, 1.82) is 0 Å². The molecule has 1 atom stereocenters. The highest BCUT2D eigenvalue weighted by molar-refractivity contribution is 5.91. The van der Waals surface area contributed by atoms with E-state index in [0.29, 0.717) is 18.4 Å². The summed E-state index contributed by atoms with van der Waals surface area (Å²) in [5.74, 6) is 0.877. The van der Waals surface area contributed by atoms with E-state index in [-0.39, 0.29) is 12.6 Å². The molecule has 4 heteroatoms. The molecule has 2 amide bonds. The van der Waals surface area contributed by atoms with E-state index >= 15 is 0 Å². The summed E-state index contributed by atoms with van der Waals surface area (Å²) in [5, 5.41) is 15.1. The number of anilines is 1. The van der Waals surface area contributed by atoms with Crippen molar-refractivity contribution in [2.24, 2.45) is 11.8 Å². The maximum atomic E-state index is 12.3. The van der Waals surface area contributed by atoms with Crippen LogP contribution >= 0.6 is 0 Å². The first-order valence-electron chi connectivity index (χ1n) is 8.78. The number of rotatable bonds is 9. The summed E-state index contributed by atoms with van der Waals surface area (Å²) in [5.41, 5.74) is 3.26. The lowest BCUT2D eigenvalue weighted by Gasteiger charge is -2.20. The first-order chi connectivity index (χ1) is 11.0. The molecule has 0 saturated heterocycles. The minimum atomic E-state index is -0.160. The number of benzene rings is 1. The van der Waals surface area contributed by atoms with Crippen LogP contribution < -0.4 is 10.6 Å². The van der Waals surface area contributed by atoms with Crippen molar-refractivity contribution in [1.82, 2.24) is 5.32 Å². The predicted molar refractivity (Wildman–Crippen MR) is 96.9 cm³/mol. The number of aliphatic hydroxyl groups is 1. The van der Waals surface area contributed by atoms with Crippen LogP contribution in [0.5, 0.6) is 0 Å². The highest BCUT2D eigenvalue weighted by atomic mass is 16.3. The number of carbonyl (C=O) groups is 1. The zero-order chi connectivity index (χ0) is 17.2. The van der Waals surface area contributed by atoms with Gasteiger partial charge in [0.05, 0.1) is 0 Å². The van der Waals surface area contributed by atoms with E-state index in [1.165, 1.54) is 0 Å². The zero-order valence-corrected chi connectivity index (χ0v) is 15.0. The SMILES string of the molecule is CCc1cccc(CC)c1NC(=O)NCC(CCO)CC(C)C. The normalized spacial score (nSPS) is 12.3. The highest BCUT2D eigenvalue weighted by Crippen LogP contribution is 2.22. The quantitative estimate of drug-likeness (QED) is 0.644. The van der Waals surface area contributed by atoms with E-state index < -0.39 is 0 Å². The molecular weight excluding hydrogens is 288 g/mol. The van der Waals surface area contributed by atoms with Crippen LogP contribution in [0.15, 0.2) is 18.2 Å². The van der Waals surface area contributed by atoms with Crippen molar-refractivity contribution in [3.63, 3.8) is 0 Å². The number of aryl methyl sites for hydroxylation is 2. The molecular formula is C19H32N2O2. The molecule has 1 unspecified atom stereocenters. The molecule has 0 aliphatic carbocycles. The molecule has 0 fully saturated rings. The first-order valence-corrected chi connectivity index (χ1v) is 8.78. The van der Waals surface area contributed by atoms with Crippen molar-refractivity contribution in [2.75, 3.05) is 18.5 Å². The van der Waals surface area contributed by atoms with E-state index in [2.05, 4.69) is 50.5 Å². The number of hydrogen-bond donors (Lipinski definition) is 3. The minimum Gasteiger partial charge on any atom is -0.396 e. The van der Waals surface area contributed by atoms with Gasteiger partial charge < -0.3 is 15.7 Å². The monoisotopic (exact) mass is 320 g/mol. The number of urea groups is 1. The van der Waals surface area contributed by atoms with Gasteiger partial charge in [-0.1, -0.05) is 45.9 Å². The molecule has 1 aromatic rings. The average Bonchev–Trinajstić information content (AvgIpc) is 2.52. The van der Waals surface area contributed by atoms with Crippen molar-refractivity contribution in [3.05, 3.63) is 29.3 Å². The third-order valence-electron chi connectivity index (χ3n) is 4.13. The van der Waals surface area contributed by atoms with Crippen LogP contribution in [0.25, 0.3) is 0 Å². The first kappa shape index (κ1) is 19.5. The van der Waals surface area contributed by atoms with Crippen molar-refractivity contribution < 1.29 is 9.90 Å². The van der Waals surface area contributed by atoms with Gasteiger partial charge >= 0.3 is 6.03 Å². The Balaban J connectivity index is 2.66. The molecule has 23 heavy (non-hydrogen) atoms. The van der Waals surface area contributed by atoms with Gasteiger partial charge in [-0.25, -0.2) is 4.79 Å². The van der Waals surface area contributed by atoms with Crippen LogP contribution in [0.4, 0.5) is 10.5 Å². The van der Waals surface area contributed by atoms with Crippen LogP contribution in [-0.4, -0.2) is 24.3 Å². The molecule has 0 bridgehead atoms. The summed E-state index contributed by atoms with van der Waals surface area (Å²) in [6.07, 6.45) is 3.52. The van der Waals surface area contributed by atoms with Crippen molar-refractivity contribution in [3.8, 4) is 0 Å². The van der Waals surface area contributed by atoms with Gasteiger partial charge in [0.25, 0.3) is 0 Å². The number of hydrogen-bond acceptors (Lipinski definition) is 2. The number of para-hydroxylation sites is 1. The topological polar surface area (TPSA) is 61.4 Å². The molecule has 4 nitrogen and oxygen atoms in total. The van der Waals surface area contributed by atoms with Gasteiger partial charge in [0.2, 0.25) is 0 Å². The van der Waals surface area contributed by atoms with Crippen LogP contribution in [0, 0.1) is 11.8 Å². The lowest BCUT2D eigenvalue weighted by Crippen LogP contribution is -2.34. The maximum Gasteiger partial charge on any atom is 0.319 e. The minimum absolute atomic E-state index is 0.160. The Morgan fingerprint density at radius 1 is 1.17 bits per heavy atom. The molecule has 1 rings (SSSR count). The van der Waals surface area contributed by atoms with Gasteiger partial charge in [0.1, 0.15) is 0 Å². The molecule has 0 saturated carbocycles. The van der Waals surface area contributed by atoms with Crippen molar-refractivity contribution in [2.45, 2.75) is 53.4 Å². The van der Waals surface area contributed by atoms with Crippen LogP contribution in [-0.2, 0) is 12.8 Å². The number of carbonyl (C=O) groups excluding carboxylic acids is 1. The summed E-state index contributed by atoms with van der Waals surface area (Å²) in [7, 11) is 0. The largest absolute Gasteiger partial charge is 0.396 e. The van der Waals surface area contributed by atoms with Gasteiger partial charge in [-0.2, -0.15) is 0 Å². The second-order valence-electron chi connectivity index (χ2n) is 6.50. The molecule has 0 aliphatic heterocycles. The zero-order valence-electron chi connectivity index (χ0n) is 15.0. The second kappa shape index (κ2) is 10.3. The summed E-state index contributed by atoms with van der Waals surface area (Å²) >= 11 is 0. The molecule has 0 heterocycles. The third-order valence-corrected chi connectivity index (χ3v) is 4.13. The Kier molecular flexibility index (Phi) is 8.70. The lowest BCUT2D eigenvalue weighted by atomic mass is 9.94. The van der Waals surface area contributed by atoms with E-state index in [0.717, 1.165) is 42.5 Å². The summed E-state index contributed by atoms with van der Waals surface area (Å²) in [6.45, 7) is 9.28. The maximum absolute atomic E-state index is 12.3. The molecule has 3 N–H and O–H groups in total. The van der Waals surface area contributed by atoms with E-state index in [9.17, 15) is 4.79 Å². The summed E-state index contributed by atoms with van der Waals surface area (Å²) in [4.78, 5) is 12.3. The third kappa shape index (κ3) is 6.61. The standard InChI is InChI=1S/C19H32N2O2/c1-5-16-8-7-9-17(6-2)18(16)21-19(23)20-13-15(10-11-22)12-14(3)4/h7-9,14-15,22H,5-6,10-13H2,1-4H3,(H2,20,21,23). The van der Waals surface area contributed by atoms with Gasteiger partial charge in [-0.3, -0.25) is 0 Å². The lowest BCUT2D eigenvalue weighted by molar-refractivity contribution is 0.231. The molecule has 0 spiro atoms. The van der Waals surface area contributed by atoms with Gasteiger partial charge in [-0.05, 0) is 48.6 Å².